The number of tetrazole rings is 1. The molecule has 0 saturated heterocycles. The van der Waals surface area contributed by atoms with Crippen LogP contribution in [0.5, 0.6) is 0 Å². The molecule has 1 aromatic heterocycles. The molecule has 0 unspecified atom stereocenters. The normalized spacial score (nSPS) is 15.5. The summed E-state index contributed by atoms with van der Waals surface area (Å²) in [7, 11) is 0. The fourth-order valence-electron chi connectivity index (χ4n) is 2.60. The largest absolute Gasteiger partial charge is 0.381 e. The molecule has 0 amide bonds. The van der Waals surface area contributed by atoms with Gasteiger partial charge in [0.15, 0.2) is 0 Å². The number of H-pyrrole nitrogens is 1. The number of aromatic nitrogens is 4. The number of rotatable bonds is 5. The van der Waals surface area contributed by atoms with E-state index >= 15 is 0 Å². The lowest BCUT2D eigenvalue weighted by molar-refractivity contribution is 0.756. The summed E-state index contributed by atoms with van der Waals surface area (Å²) in [6.45, 7) is 0. The zero-order valence-electron chi connectivity index (χ0n) is 12.1. The first-order valence-corrected chi connectivity index (χ1v) is 7.33. The molecule has 0 spiro atoms. The molecule has 0 radical (unpaired) electrons. The van der Waals surface area contributed by atoms with E-state index < -0.39 is 0 Å². The van der Waals surface area contributed by atoms with Crippen LogP contribution in [0.25, 0.3) is 5.57 Å². The lowest BCUT2D eigenvalue weighted by Crippen LogP contribution is -2.15. The Kier molecular flexibility index (Phi) is 4.30. The minimum atomic E-state index is 0.274. The van der Waals surface area contributed by atoms with Gasteiger partial charge in [0.2, 0.25) is 5.82 Å². The number of nitrogens with zero attached hydrogens (tertiary/aromatic N) is 4. The van der Waals surface area contributed by atoms with Crippen molar-refractivity contribution in [1.29, 1.82) is 5.26 Å². The number of allylic oxidation sites excluding steroid dienone is 1. The summed E-state index contributed by atoms with van der Waals surface area (Å²) in [5.74, 6) is 0.274. The fourth-order valence-corrected chi connectivity index (χ4v) is 2.60. The maximum Gasteiger partial charge on any atom is 0.216 e. The first-order chi connectivity index (χ1) is 10.9. The molecule has 22 heavy (non-hydrogen) atoms. The van der Waals surface area contributed by atoms with Crippen molar-refractivity contribution in [2.75, 3.05) is 10.6 Å². The summed E-state index contributed by atoms with van der Waals surface area (Å²) < 4.78 is 0. The second kappa shape index (κ2) is 6.72. The van der Waals surface area contributed by atoms with Crippen LogP contribution in [0.3, 0.4) is 0 Å². The highest BCUT2D eigenvalue weighted by atomic mass is 15.5. The van der Waals surface area contributed by atoms with Crippen LogP contribution in [0.2, 0.25) is 0 Å². The minimum Gasteiger partial charge on any atom is -0.381 e. The Balaban J connectivity index is 1.76. The summed E-state index contributed by atoms with van der Waals surface area (Å²) in [6, 6.07) is 10.5. The first kappa shape index (κ1) is 14.1. The summed E-state index contributed by atoms with van der Waals surface area (Å²) >= 11 is 0. The third-order valence-corrected chi connectivity index (χ3v) is 3.72. The van der Waals surface area contributed by atoms with E-state index in [1.165, 1.54) is 25.7 Å². The average molecular weight is 295 g/mol. The Morgan fingerprint density at radius 1 is 1.27 bits per heavy atom. The van der Waals surface area contributed by atoms with Gasteiger partial charge >= 0.3 is 0 Å². The SMILES string of the molecule is N#CC(=CNc1ccccc1NC1CCCC1)c1nn[nH]n1. The predicted molar refractivity (Wildman–Crippen MR) is 83.7 cm³/mol. The number of aromatic amines is 1. The summed E-state index contributed by atoms with van der Waals surface area (Å²) in [5.41, 5.74) is 2.28. The highest BCUT2D eigenvalue weighted by Crippen LogP contribution is 2.27. The summed E-state index contributed by atoms with van der Waals surface area (Å²) in [6.07, 6.45) is 6.57. The lowest BCUT2D eigenvalue weighted by Gasteiger charge is -2.17. The van der Waals surface area contributed by atoms with Crippen molar-refractivity contribution in [3.8, 4) is 6.07 Å². The van der Waals surface area contributed by atoms with Gasteiger partial charge in [-0.1, -0.05) is 25.0 Å². The molecule has 1 aliphatic rings. The quantitative estimate of drug-likeness (QED) is 0.732. The van der Waals surface area contributed by atoms with E-state index in [4.69, 9.17) is 0 Å². The van der Waals surface area contributed by atoms with E-state index in [-0.39, 0.29) is 5.82 Å². The second-order valence-corrected chi connectivity index (χ2v) is 5.22. The van der Waals surface area contributed by atoms with Crippen LogP contribution in [0.4, 0.5) is 11.4 Å². The van der Waals surface area contributed by atoms with Crippen LogP contribution in [-0.2, 0) is 0 Å². The van der Waals surface area contributed by atoms with Crippen molar-refractivity contribution in [2.24, 2.45) is 0 Å². The zero-order chi connectivity index (χ0) is 15.2. The highest BCUT2D eigenvalue weighted by Gasteiger charge is 2.15. The van der Waals surface area contributed by atoms with Gasteiger partial charge in [-0.3, -0.25) is 0 Å². The molecule has 7 heteroatoms. The van der Waals surface area contributed by atoms with Gasteiger partial charge in [0.25, 0.3) is 0 Å². The van der Waals surface area contributed by atoms with Crippen molar-refractivity contribution in [1.82, 2.24) is 20.6 Å². The van der Waals surface area contributed by atoms with E-state index in [0.29, 0.717) is 11.6 Å². The van der Waals surface area contributed by atoms with Gasteiger partial charge < -0.3 is 10.6 Å². The zero-order valence-corrected chi connectivity index (χ0v) is 12.1. The monoisotopic (exact) mass is 295 g/mol. The molecule has 1 saturated carbocycles. The Morgan fingerprint density at radius 2 is 2.05 bits per heavy atom. The molecule has 3 N–H and O–H groups in total. The van der Waals surface area contributed by atoms with E-state index in [2.05, 4.69) is 37.3 Å². The predicted octanol–water partition coefficient (Wildman–Crippen LogP) is 2.53. The van der Waals surface area contributed by atoms with Crippen molar-refractivity contribution in [2.45, 2.75) is 31.7 Å². The molecule has 112 valence electrons. The lowest BCUT2D eigenvalue weighted by atomic mass is 10.2. The second-order valence-electron chi connectivity index (χ2n) is 5.22. The van der Waals surface area contributed by atoms with E-state index in [0.717, 1.165) is 11.4 Å². The molecule has 0 aliphatic heterocycles. The van der Waals surface area contributed by atoms with E-state index in [1.807, 2.05) is 24.3 Å². The molecule has 2 aromatic rings. The Hall–Kier alpha value is -2.88. The molecule has 3 rings (SSSR count). The van der Waals surface area contributed by atoms with Gasteiger partial charge in [0.05, 0.1) is 11.4 Å². The number of hydrogen-bond donors (Lipinski definition) is 3. The minimum absolute atomic E-state index is 0.274. The number of anilines is 2. The van der Waals surface area contributed by atoms with E-state index in [1.54, 1.807) is 6.20 Å². The first-order valence-electron chi connectivity index (χ1n) is 7.33. The summed E-state index contributed by atoms with van der Waals surface area (Å²) in [4.78, 5) is 0. The molecule has 1 aliphatic carbocycles. The number of nitrogens with one attached hydrogen (secondary N) is 3. The number of benzene rings is 1. The van der Waals surface area contributed by atoms with Gasteiger partial charge in [-0.2, -0.15) is 10.5 Å². The van der Waals surface area contributed by atoms with Crippen molar-refractivity contribution < 1.29 is 0 Å². The highest BCUT2D eigenvalue weighted by molar-refractivity contribution is 5.77. The Morgan fingerprint density at radius 3 is 2.73 bits per heavy atom. The van der Waals surface area contributed by atoms with Crippen LogP contribution < -0.4 is 10.6 Å². The van der Waals surface area contributed by atoms with Crippen LogP contribution >= 0.6 is 0 Å². The number of para-hydroxylation sites is 2. The maximum atomic E-state index is 9.18. The Bertz CT molecular complexity index is 678. The maximum absolute atomic E-state index is 9.18. The van der Waals surface area contributed by atoms with Gasteiger partial charge in [-0.15, -0.1) is 10.2 Å². The molecule has 1 heterocycles. The van der Waals surface area contributed by atoms with Gasteiger partial charge in [-0.25, -0.2) is 0 Å². The van der Waals surface area contributed by atoms with Crippen LogP contribution in [-0.4, -0.2) is 26.7 Å². The molecular formula is C15H17N7. The third kappa shape index (κ3) is 3.23. The molecule has 0 atom stereocenters. The molecule has 7 nitrogen and oxygen atoms in total. The van der Waals surface area contributed by atoms with Crippen LogP contribution in [0, 0.1) is 11.3 Å². The van der Waals surface area contributed by atoms with Gasteiger partial charge in [0, 0.05) is 12.2 Å². The van der Waals surface area contributed by atoms with Gasteiger partial charge in [0.1, 0.15) is 11.6 Å². The standard InChI is InChI=1S/C15H17N7/c16-9-11(15-19-21-22-20-15)10-17-13-7-3-4-8-14(13)18-12-5-1-2-6-12/h3-4,7-8,10,12,17-18H,1-2,5-6H2,(H,19,20,21,22). The fraction of sp³-hybridized carbons (Fsp3) is 0.333. The molecule has 0 bridgehead atoms. The Labute approximate surface area is 128 Å². The summed E-state index contributed by atoms with van der Waals surface area (Å²) in [5, 5.41) is 29.3. The van der Waals surface area contributed by atoms with Crippen molar-refractivity contribution in [3.05, 3.63) is 36.3 Å². The number of hydrogen-bond acceptors (Lipinski definition) is 6. The van der Waals surface area contributed by atoms with Crippen molar-refractivity contribution >= 4 is 16.9 Å². The van der Waals surface area contributed by atoms with E-state index in [9.17, 15) is 5.26 Å². The molecular weight excluding hydrogens is 278 g/mol. The third-order valence-electron chi connectivity index (χ3n) is 3.72. The van der Waals surface area contributed by atoms with Crippen LogP contribution in [0.15, 0.2) is 30.5 Å². The van der Waals surface area contributed by atoms with Crippen molar-refractivity contribution in [3.63, 3.8) is 0 Å². The average Bonchev–Trinajstić information content (AvgIpc) is 3.23. The van der Waals surface area contributed by atoms with Crippen LogP contribution in [0.1, 0.15) is 31.5 Å². The molecule has 1 fully saturated rings. The molecule has 1 aromatic carbocycles. The topological polar surface area (TPSA) is 102 Å². The number of nitriles is 1. The smallest absolute Gasteiger partial charge is 0.216 e. The van der Waals surface area contributed by atoms with Gasteiger partial charge in [-0.05, 0) is 30.2 Å².